The van der Waals surface area contributed by atoms with Gasteiger partial charge in [0.25, 0.3) is 0 Å². The number of carbonyl (C=O) groups excluding carboxylic acids is 1. The fraction of sp³-hybridized carbons (Fsp3) is 0.435. The quantitative estimate of drug-likeness (QED) is 0.783. The van der Waals surface area contributed by atoms with Gasteiger partial charge in [0.15, 0.2) is 0 Å². The first-order chi connectivity index (χ1) is 13.2. The zero-order chi connectivity index (χ0) is 18.9. The molecule has 1 aliphatic heterocycles. The van der Waals surface area contributed by atoms with Crippen molar-refractivity contribution in [3.8, 4) is 0 Å². The maximum absolute atomic E-state index is 13.2. The van der Waals surface area contributed by atoms with Crippen LogP contribution in [0.5, 0.6) is 0 Å². The molecule has 0 saturated carbocycles. The Morgan fingerprint density at radius 2 is 1.63 bits per heavy atom. The molecule has 3 nitrogen and oxygen atoms in total. The van der Waals surface area contributed by atoms with Crippen molar-refractivity contribution in [3.63, 3.8) is 0 Å². The molecule has 3 rings (SSSR count). The zero-order valence-corrected chi connectivity index (χ0v) is 15.9. The molecule has 0 aliphatic carbocycles. The number of carbonyl (C=O) groups is 1. The standard InChI is InChI=1S/C23H29FN2O/c24-22-7-5-6-19(16-22)12-13-23(27)25-17-20-8-10-21(11-9-20)18-26-14-3-1-2-4-15-26/h5-11,16H,1-4,12-15,17-18H2,(H,25,27). The normalized spacial score (nSPS) is 15.3. The van der Waals surface area contributed by atoms with Crippen molar-refractivity contribution < 1.29 is 9.18 Å². The molecule has 0 aromatic heterocycles. The van der Waals surface area contributed by atoms with Gasteiger partial charge in [-0.2, -0.15) is 0 Å². The van der Waals surface area contributed by atoms with Crippen LogP contribution >= 0.6 is 0 Å². The highest BCUT2D eigenvalue weighted by molar-refractivity contribution is 5.76. The van der Waals surface area contributed by atoms with E-state index >= 15 is 0 Å². The third-order valence-electron chi connectivity index (χ3n) is 5.15. The summed E-state index contributed by atoms with van der Waals surface area (Å²) in [6.45, 7) is 3.94. The summed E-state index contributed by atoms with van der Waals surface area (Å²) < 4.78 is 13.2. The summed E-state index contributed by atoms with van der Waals surface area (Å²) in [7, 11) is 0. The highest BCUT2D eigenvalue weighted by Crippen LogP contribution is 2.14. The number of halogens is 1. The van der Waals surface area contributed by atoms with E-state index < -0.39 is 0 Å². The van der Waals surface area contributed by atoms with Gasteiger partial charge in [-0.25, -0.2) is 4.39 Å². The topological polar surface area (TPSA) is 32.3 Å². The molecule has 0 unspecified atom stereocenters. The van der Waals surface area contributed by atoms with Crippen LogP contribution in [0, 0.1) is 5.82 Å². The molecule has 1 saturated heterocycles. The highest BCUT2D eigenvalue weighted by atomic mass is 19.1. The first-order valence-corrected chi connectivity index (χ1v) is 10.0. The van der Waals surface area contributed by atoms with E-state index in [-0.39, 0.29) is 11.7 Å². The van der Waals surface area contributed by atoms with Crippen LogP contribution in [0.1, 0.15) is 48.8 Å². The van der Waals surface area contributed by atoms with E-state index in [0.717, 1.165) is 17.7 Å². The molecule has 1 aliphatic rings. The summed E-state index contributed by atoms with van der Waals surface area (Å²) in [6, 6.07) is 14.9. The fourth-order valence-corrected chi connectivity index (χ4v) is 3.55. The summed E-state index contributed by atoms with van der Waals surface area (Å²) in [4.78, 5) is 14.6. The smallest absolute Gasteiger partial charge is 0.220 e. The Morgan fingerprint density at radius 3 is 2.33 bits per heavy atom. The predicted octanol–water partition coefficient (Wildman–Crippen LogP) is 4.45. The molecule has 1 fully saturated rings. The second-order valence-electron chi connectivity index (χ2n) is 7.41. The van der Waals surface area contributed by atoms with Crippen molar-refractivity contribution in [1.82, 2.24) is 10.2 Å². The van der Waals surface area contributed by atoms with Gasteiger partial charge in [0.1, 0.15) is 5.82 Å². The predicted molar refractivity (Wildman–Crippen MR) is 107 cm³/mol. The van der Waals surface area contributed by atoms with E-state index in [2.05, 4.69) is 34.5 Å². The number of nitrogens with zero attached hydrogens (tertiary/aromatic N) is 1. The second kappa shape index (κ2) is 10.2. The number of nitrogens with one attached hydrogen (secondary N) is 1. The molecule has 2 aromatic rings. The van der Waals surface area contributed by atoms with Crippen LogP contribution in [-0.2, 0) is 24.3 Å². The lowest BCUT2D eigenvalue weighted by Gasteiger charge is -2.19. The van der Waals surface area contributed by atoms with Crippen molar-refractivity contribution >= 4 is 5.91 Å². The summed E-state index contributed by atoms with van der Waals surface area (Å²) in [5.41, 5.74) is 3.29. The van der Waals surface area contributed by atoms with Gasteiger partial charge < -0.3 is 5.32 Å². The maximum atomic E-state index is 13.2. The molecule has 2 aromatic carbocycles. The maximum Gasteiger partial charge on any atom is 0.220 e. The number of benzene rings is 2. The summed E-state index contributed by atoms with van der Waals surface area (Å²) in [6.07, 6.45) is 6.25. The molecule has 0 radical (unpaired) electrons. The Bertz CT molecular complexity index is 721. The lowest BCUT2D eigenvalue weighted by molar-refractivity contribution is -0.121. The molecule has 1 heterocycles. The molecule has 0 bridgehead atoms. The van der Waals surface area contributed by atoms with Gasteiger partial charge in [0.05, 0.1) is 0 Å². The Balaban J connectivity index is 1.40. The minimum atomic E-state index is -0.256. The van der Waals surface area contributed by atoms with Gasteiger partial charge in [-0.1, -0.05) is 49.2 Å². The Hall–Kier alpha value is -2.20. The average Bonchev–Trinajstić information content (AvgIpc) is 2.94. The molecule has 4 heteroatoms. The molecular formula is C23H29FN2O. The van der Waals surface area contributed by atoms with Crippen LogP contribution in [0.25, 0.3) is 0 Å². The molecule has 1 amide bonds. The Morgan fingerprint density at radius 1 is 0.926 bits per heavy atom. The number of hydrogen-bond donors (Lipinski definition) is 1. The third kappa shape index (κ3) is 6.79. The van der Waals surface area contributed by atoms with Crippen LogP contribution in [0.3, 0.4) is 0 Å². The van der Waals surface area contributed by atoms with Gasteiger partial charge in [0, 0.05) is 19.5 Å². The third-order valence-corrected chi connectivity index (χ3v) is 5.15. The fourth-order valence-electron chi connectivity index (χ4n) is 3.55. The highest BCUT2D eigenvalue weighted by Gasteiger charge is 2.09. The molecule has 27 heavy (non-hydrogen) atoms. The number of amides is 1. The SMILES string of the molecule is O=C(CCc1cccc(F)c1)NCc1ccc(CN2CCCCCC2)cc1. The summed E-state index contributed by atoms with van der Waals surface area (Å²) in [5, 5.41) is 2.95. The first kappa shape index (κ1) is 19.6. The Labute approximate surface area is 161 Å². The van der Waals surface area contributed by atoms with Crippen LogP contribution in [0.2, 0.25) is 0 Å². The molecule has 144 valence electrons. The van der Waals surface area contributed by atoms with E-state index in [1.807, 2.05) is 6.07 Å². The zero-order valence-electron chi connectivity index (χ0n) is 15.9. The van der Waals surface area contributed by atoms with Crippen molar-refractivity contribution in [2.45, 2.75) is 51.6 Å². The average molecular weight is 368 g/mol. The lowest BCUT2D eigenvalue weighted by Crippen LogP contribution is -2.24. The van der Waals surface area contributed by atoms with Crippen LogP contribution in [-0.4, -0.2) is 23.9 Å². The second-order valence-corrected chi connectivity index (χ2v) is 7.41. The van der Waals surface area contributed by atoms with Crippen LogP contribution < -0.4 is 5.32 Å². The first-order valence-electron chi connectivity index (χ1n) is 10.0. The summed E-state index contributed by atoms with van der Waals surface area (Å²) >= 11 is 0. The van der Waals surface area contributed by atoms with Gasteiger partial charge >= 0.3 is 0 Å². The van der Waals surface area contributed by atoms with Crippen LogP contribution in [0.4, 0.5) is 4.39 Å². The molecular weight excluding hydrogens is 339 g/mol. The number of aryl methyl sites for hydroxylation is 1. The monoisotopic (exact) mass is 368 g/mol. The van der Waals surface area contributed by atoms with E-state index in [4.69, 9.17) is 0 Å². The van der Waals surface area contributed by atoms with Crippen molar-refractivity contribution in [2.75, 3.05) is 13.1 Å². The molecule has 0 spiro atoms. The number of hydrogen-bond acceptors (Lipinski definition) is 2. The lowest BCUT2D eigenvalue weighted by atomic mass is 10.1. The van der Waals surface area contributed by atoms with E-state index in [9.17, 15) is 9.18 Å². The molecule has 1 N–H and O–H groups in total. The van der Waals surface area contributed by atoms with Gasteiger partial charge in [-0.15, -0.1) is 0 Å². The van der Waals surface area contributed by atoms with E-state index in [0.29, 0.717) is 19.4 Å². The van der Waals surface area contributed by atoms with Crippen molar-refractivity contribution in [1.29, 1.82) is 0 Å². The number of likely N-dealkylation sites (tertiary alicyclic amines) is 1. The van der Waals surface area contributed by atoms with Gasteiger partial charge in [-0.3, -0.25) is 9.69 Å². The van der Waals surface area contributed by atoms with E-state index in [1.54, 1.807) is 6.07 Å². The largest absolute Gasteiger partial charge is 0.352 e. The van der Waals surface area contributed by atoms with E-state index in [1.165, 1.54) is 56.5 Å². The number of rotatable bonds is 7. The van der Waals surface area contributed by atoms with Crippen molar-refractivity contribution in [3.05, 3.63) is 71.0 Å². The molecule has 0 atom stereocenters. The van der Waals surface area contributed by atoms with Crippen molar-refractivity contribution in [2.24, 2.45) is 0 Å². The Kier molecular flexibility index (Phi) is 7.40. The minimum Gasteiger partial charge on any atom is -0.352 e. The summed E-state index contributed by atoms with van der Waals surface area (Å²) in [5.74, 6) is -0.263. The van der Waals surface area contributed by atoms with Gasteiger partial charge in [-0.05, 0) is 61.2 Å². The van der Waals surface area contributed by atoms with Crippen LogP contribution in [0.15, 0.2) is 48.5 Å². The minimum absolute atomic E-state index is 0.00657. The van der Waals surface area contributed by atoms with Gasteiger partial charge in [0.2, 0.25) is 5.91 Å².